The van der Waals surface area contributed by atoms with E-state index in [0.29, 0.717) is 38.5 Å². The van der Waals surface area contributed by atoms with Crippen molar-refractivity contribution in [3.05, 3.63) is 46.2 Å². The number of rotatable bonds is 7. The highest BCUT2D eigenvalue weighted by Crippen LogP contribution is 2.23. The van der Waals surface area contributed by atoms with Gasteiger partial charge in [-0.2, -0.15) is 15.6 Å². The number of amides is 1. The smallest absolute Gasteiger partial charge is 0.279 e. The number of carbonyl (C=O) groups excluding carboxylic acids is 1. The van der Waals surface area contributed by atoms with E-state index < -0.39 is 10.0 Å². The minimum Gasteiger partial charge on any atom is -0.379 e. The van der Waals surface area contributed by atoms with Crippen LogP contribution in [0.4, 0.5) is 5.69 Å². The van der Waals surface area contributed by atoms with Gasteiger partial charge in [0.05, 0.1) is 25.2 Å². The first-order chi connectivity index (χ1) is 13.4. The third kappa shape index (κ3) is 5.18. The number of thiophene rings is 1. The topological polar surface area (TPSA) is 80.2 Å². The van der Waals surface area contributed by atoms with Gasteiger partial charge in [0.1, 0.15) is 6.54 Å². The van der Waals surface area contributed by atoms with Crippen molar-refractivity contribution in [1.29, 1.82) is 0 Å². The van der Waals surface area contributed by atoms with Crippen molar-refractivity contribution in [2.45, 2.75) is 18.4 Å². The van der Waals surface area contributed by atoms with Crippen molar-refractivity contribution in [3.63, 3.8) is 0 Å². The van der Waals surface area contributed by atoms with Gasteiger partial charge >= 0.3 is 0 Å². The summed E-state index contributed by atoms with van der Waals surface area (Å²) in [6.07, 6.45) is 0. The van der Waals surface area contributed by atoms with Crippen molar-refractivity contribution in [3.8, 4) is 0 Å². The SMILES string of the molecule is Cc1ccc(S(=O)(=O)N2CCOCC2)cc1NC(=O)C[NH+](C)Cc1ccsc1. The van der Waals surface area contributed by atoms with Gasteiger partial charge in [0.2, 0.25) is 10.0 Å². The van der Waals surface area contributed by atoms with Crippen LogP contribution in [0.1, 0.15) is 11.1 Å². The Morgan fingerprint density at radius 2 is 2.04 bits per heavy atom. The lowest BCUT2D eigenvalue weighted by Crippen LogP contribution is -3.08. The number of quaternary nitrogens is 1. The van der Waals surface area contributed by atoms with Crippen molar-refractivity contribution >= 4 is 33.0 Å². The standard InChI is InChI=1S/C19H25N3O4S2/c1-15-3-4-17(28(24,25)22-6-8-26-9-7-22)11-18(15)20-19(23)13-21(2)12-16-5-10-27-14-16/h3-5,10-11,14H,6-9,12-13H2,1-2H3,(H,20,23)/p+1. The third-order valence-electron chi connectivity index (χ3n) is 4.64. The monoisotopic (exact) mass is 424 g/mol. The minimum absolute atomic E-state index is 0.142. The first-order valence-electron chi connectivity index (χ1n) is 9.17. The van der Waals surface area contributed by atoms with E-state index in [4.69, 9.17) is 4.74 Å². The van der Waals surface area contributed by atoms with Crippen molar-refractivity contribution in [1.82, 2.24) is 4.31 Å². The van der Waals surface area contributed by atoms with Crippen LogP contribution in [0.15, 0.2) is 39.9 Å². The summed E-state index contributed by atoms with van der Waals surface area (Å²) in [5.74, 6) is -0.142. The van der Waals surface area contributed by atoms with Crippen LogP contribution in [0.3, 0.4) is 0 Å². The Balaban J connectivity index is 1.68. The number of aryl methyl sites for hydroxylation is 1. The minimum atomic E-state index is -3.60. The quantitative estimate of drug-likeness (QED) is 0.687. The number of nitrogens with one attached hydrogen (secondary N) is 2. The molecule has 0 radical (unpaired) electrons. The number of nitrogens with zero attached hydrogens (tertiary/aromatic N) is 1. The van der Waals surface area contributed by atoms with E-state index in [2.05, 4.69) is 16.8 Å². The molecule has 152 valence electrons. The molecular formula is C19H26N3O4S2+. The van der Waals surface area contributed by atoms with E-state index in [1.165, 1.54) is 9.87 Å². The highest BCUT2D eigenvalue weighted by atomic mass is 32.2. The molecule has 2 heterocycles. The van der Waals surface area contributed by atoms with E-state index in [-0.39, 0.29) is 10.8 Å². The number of benzene rings is 1. The van der Waals surface area contributed by atoms with Gasteiger partial charge in [0.25, 0.3) is 5.91 Å². The molecule has 1 aromatic carbocycles. The van der Waals surface area contributed by atoms with Crippen LogP contribution in [-0.2, 0) is 26.1 Å². The Bertz CT molecular complexity index is 907. The molecule has 0 spiro atoms. The molecule has 2 N–H and O–H groups in total. The number of sulfonamides is 1. The third-order valence-corrected chi connectivity index (χ3v) is 7.27. The fraction of sp³-hybridized carbons (Fsp3) is 0.421. The first kappa shape index (κ1) is 20.9. The number of carbonyl (C=O) groups is 1. The predicted molar refractivity (Wildman–Crippen MR) is 109 cm³/mol. The molecule has 0 bridgehead atoms. The van der Waals surface area contributed by atoms with Gasteiger partial charge in [0, 0.05) is 24.3 Å². The number of hydrogen-bond acceptors (Lipinski definition) is 5. The molecule has 2 aromatic rings. The van der Waals surface area contributed by atoms with Crippen LogP contribution in [0, 0.1) is 6.92 Å². The molecule has 1 aliphatic rings. The summed E-state index contributed by atoms with van der Waals surface area (Å²) in [7, 11) is -1.63. The molecular weight excluding hydrogens is 398 g/mol. The summed E-state index contributed by atoms with van der Waals surface area (Å²) < 4.78 is 32.4. The molecule has 28 heavy (non-hydrogen) atoms. The Morgan fingerprint density at radius 3 is 2.71 bits per heavy atom. The van der Waals surface area contributed by atoms with E-state index >= 15 is 0 Å². The van der Waals surface area contributed by atoms with Crippen LogP contribution in [0.5, 0.6) is 0 Å². The van der Waals surface area contributed by atoms with Gasteiger partial charge in [-0.1, -0.05) is 6.07 Å². The lowest BCUT2D eigenvalue weighted by Gasteiger charge is -2.26. The zero-order chi connectivity index (χ0) is 20.1. The maximum atomic E-state index is 12.8. The zero-order valence-corrected chi connectivity index (χ0v) is 17.7. The lowest BCUT2D eigenvalue weighted by atomic mass is 10.2. The van der Waals surface area contributed by atoms with Gasteiger partial charge in [0.15, 0.2) is 6.54 Å². The van der Waals surface area contributed by atoms with E-state index in [9.17, 15) is 13.2 Å². The number of ether oxygens (including phenoxy) is 1. The fourth-order valence-electron chi connectivity index (χ4n) is 3.10. The highest BCUT2D eigenvalue weighted by Gasteiger charge is 2.27. The molecule has 1 atom stereocenters. The molecule has 7 nitrogen and oxygen atoms in total. The number of hydrogen-bond donors (Lipinski definition) is 2. The Morgan fingerprint density at radius 1 is 1.29 bits per heavy atom. The lowest BCUT2D eigenvalue weighted by molar-refractivity contribution is -0.885. The Labute approximate surface area is 170 Å². The maximum Gasteiger partial charge on any atom is 0.279 e. The van der Waals surface area contributed by atoms with Gasteiger partial charge < -0.3 is 15.0 Å². The molecule has 1 aromatic heterocycles. The number of likely N-dealkylation sites (N-methyl/N-ethyl adjacent to an activating group) is 1. The molecule has 1 aliphatic heterocycles. The van der Waals surface area contributed by atoms with Crippen molar-refractivity contribution < 1.29 is 22.8 Å². The first-order valence-corrected chi connectivity index (χ1v) is 11.6. The summed E-state index contributed by atoms with van der Waals surface area (Å²) in [5.41, 5.74) is 2.55. The molecule has 0 saturated carbocycles. The fourth-order valence-corrected chi connectivity index (χ4v) is 5.21. The van der Waals surface area contributed by atoms with Crippen LogP contribution >= 0.6 is 11.3 Å². The molecule has 9 heteroatoms. The number of morpholine rings is 1. The van der Waals surface area contributed by atoms with E-state index in [1.807, 2.05) is 19.4 Å². The second-order valence-corrected chi connectivity index (χ2v) is 9.70. The molecule has 1 unspecified atom stereocenters. The second kappa shape index (κ2) is 9.15. The summed E-state index contributed by atoms with van der Waals surface area (Å²) in [6.45, 7) is 4.39. The van der Waals surface area contributed by atoms with Crippen LogP contribution < -0.4 is 10.2 Å². The molecule has 3 rings (SSSR count). The van der Waals surface area contributed by atoms with E-state index in [1.54, 1.807) is 29.5 Å². The van der Waals surface area contributed by atoms with Gasteiger partial charge in [-0.25, -0.2) is 8.42 Å². The van der Waals surface area contributed by atoms with Crippen molar-refractivity contribution in [2.75, 3.05) is 45.2 Å². The average molecular weight is 425 g/mol. The van der Waals surface area contributed by atoms with Crippen LogP contribution in [-0.4, -0.2) is 58.5 Å². The van der Waals surface area contributed by atoms with Gasteiger partial charge in [-0.05, 0) is 41.4 Å². The summed E-state index contributed by atoms with van der Waals surface area (Å²) in [4.78, 5) is 13.7. The predicted octanol–water partition coefficient (Wildman–Crippen LogP) is 0.731. The molecule has 1 amide bonds. The molecule has 1 saturated heterocycles. The van der Waals surface area contributed by atoms with Crippen molar-refractivity contribution in [2.24, 2.45) is 0 Å². The van der Waals surface area contributed by atoms with Crippen LogP contribution in [0.25, 0.3) is 0 Å². The average Bonchev–Trinajstić information content (AvgIpc) is 3.16. The summed E-state index contributed by atoms with van der Waals surface area (Å²) in [5, 5.41) is 6.97. The Kier molecular flexibility index (Phi) is 6.84. The molecule has 0 aliphatic carbocycles. The largest absolute Gasteiger partial charge is 0.379 e. The summed E-state index contributed by atoms with van der Waals surface area (Å²) in [6, 6.07) is 6.91. The summed E-state index contributed by atoms with van der Waals surface area (Å²) >= 11 is 1.64. The van der Waals surface area contributed by atoms with E-state index in [0.717, 1.165) is 17.0 Å². The normalized spacial score (nSPS) is 16.6. The molecule has 1 fully saturated rings. The zero-order valence-electron chi connectivity index (χ0n) is 16.1. The van der Waals surface area contributed by atoms with Gasteiger partial charge in [-0.3, -0.25) is 4.79 Å². The Hall–Kier alpha value is -1.78. The number of anilines is 1. The van der Waals surface area contributed by atoms with Crippen LogP contribution in [0.2, 0.25) is 0 Å². The van der Waals surface area contributed by atoms with Gasteiger partial charge in [-0.15, -0.1) is 0 Å². The highest BCUT2D eigenvalue weighted by molar-refractivity contribution is 7.89. The maximum absolute atomic E-state index is 12.8. The second-order valence-electron chi connectivity index (χ2n) is 6.98.